The van der Waals surface area contributed by atoms with Crippen molar-refractivity contribution in [2.45, 2.75) is 18.9 Å². The largest absolute Gasteiger partial charge is 0.369 e. The molecule has 1 N–H and O–H groups in total. The minimum Gasteiger partial charge on any atom is -0.369 e. The first-order valence-corrected chi connectivity index (χ1v) is 7.86. The molecule has 1 aliphatic heterocycles. The zero-order valence-electron chi connectivity index (χ0n) is 13.3. The minimum atomic E-state index is -0.877. The summed E-state index contributed by atoms with van der Waals surface area (Å²) in [6.07, 6.45) is 4.20. The molecule has 0 radical (unpaired) electrons. The fourth-order valence-corrected chi connectivity index (χ4v) is 2.92. The van der Waals surface area contributed by atoms with Crippen LogP contribution in [0.5, 0.6) is 0 Å². The van der Waals surface area contributed by atoms with Crippen LogP contribution < -0.4 is 5.32 Å². The van der Waals surface area contributed by atoms with Gasteiger partial charge in [-0.1, -0.05) is 6.07 Å². The molecule has 0 aliphatic carbocycles. The number of imidazole rings is 1. The van der Waals surface area contributed by atoms with Crippen LogP contribution in [-0.2, 0) is 23.0 Å². The van der Waals surface area contributed by atoms with Crippen molar-refractivity contribution in [1.82, 2.24) is 14.9 Å². The monoisotopic (exact) mass is 335 g/mol. The van der Waals surface area contributed by atoms with Crippen molar-refractivity contribution in [2.24, 2.45) is 13.0 Å². The van der Waals surface area contributed by atoms with E-state index in [4.69, 9.17) is 4.74 Å². The Morgan fingerprint density at radius 3 is 2.96 bits per heavy atom. The molecular weight excluding hydrogens is 316 g/mol. The number of amides is 1. The zero-order chi connectivity index (χ0) is 17.1. The number of nitrogens with zero attached hydrogens (tertiary/aromatic N) is 2. The second-order valence-electron chi connectivity index (χ2n) is 5.87. The van der Waals surface area contributed by atoms with E-state index in [2.05, 4.69) is 10.3 Å². The molecule has 5 nitrogen and oxygen atoms in total. The lowest BCUT2D eigenvalue weighted by atomic mass is 9.99. The molecule has 24 heavy (non-hydrogen) atoms. The summed E-state index contributed by atoms with van der Waals surface area (Å²) in [4.78, 5) is 16.7. The average Bonchev–Trinajstić information content (AvgIpc) is 3.19. The highest BCUT2D eigenvalue weighted by atomic mass is 19.2. The number of carbonyl (C=O) groups excluding carboxylic acids is 1. The lowest BCUT2D eigenvalue weighted by Crippen LogP contribution is -2.34. The van der Waals surface area contributed by atoms with Crippen LogP contribution in [0.4, 0.5) is 8.78 Å². The van der Waals surface area contributed by atoms with Crippen molar-refractivity contribution >= 4 is 5.91 Å². The van der Waals surface area contributed by atoms with E-state index in [0.717, 1.165) is 18.0 Å². The number of nitrogens with one attached hydrogen (secondary N) is 1. The van der Waals surface area contributed by atoms with Gasteiger partial charge in [0.05, 0.1) is 5.92 Å². The molecule has 0 unspecified atom stereocenters. The van der Waals surface area contributed by atoms with Gasteiger partial charge in [-0.15, -0.1) is 0 Å². The van der Waals surface area contributed by atoms with E-state index in [1.54, 1.807) is 6.20 Å². The fourth-order valence-electron chi connectivity index (χ4n) is 2.92. The lowest BCUT2D eigenvalue weighted by Gasteiger charge is -2.18. The highest BCUT2D eigenvalue weighted by Crippen LogP contribution is 2.33. The zero-order valence-corrected chi connectivity index (χ0v) is 13.3. The van der Waals surface area contributed by atoms with E-state index in [0.29, 0.717) is 31.6 Å². The quantitative estimate of drug-likeness (QED) is 0.911. The fraction of sp³-hybridized carbons (Fsp3) is 0.412. The summed E-state index contributed by atoms with van der Waals surface area (Å²) in [5.74, 6) is -1.42. The number of hydrogen-bond acceptors (Lipinski definition) is 3. The molecule has 128 valence electrons. The Bertz CT molecular complexity index is 732. The molecule has 1 fully saturated rings. The van der Waals surface area contributed by atoms with Gasteiger partial charge in [0.25, 0.3) is 0 Å². The summed E-state index contributed by atoms with van der Waals surface area (Å²) in [7, 11) is 1.86. The number of aromatic nitrogens is 2. The third-order valence-electron chi connectivity index (χ3n) is 4.24. The summed E-state index contributed by atoms with van der Waals surface area (Å²) in [5.41, 5.74) is 0.637. The van der Waals surface area contributed by atoms with Gasteiger partial charge in [-0.25, -0.2) is 13.8 Å². The third kappa shape index (κ3) is 3.46. The number of aryl methyl sites for hydroxylation is 1. The molecule has 7 heteroatoms. The molecule has 2 aromatic rings. The maximum absolute atomic E-state index is 13.2. The molecule has 1 aromatic carbocycles. The summed E-state index contributed by atoms with van der Waals surface area (Å²) in [6.45, 7) is 0.868. The Kier molecular flexibility index (Phi) is 4.89. The molecule has 1 aromatic heterocycles. The second kappa shape index (κ2) is 7.09. The van der Waals surface area contributed by atoms with Crippen LogP contribution >= 0.6 is 0 Å². The van der Waals surface area contributed by atoms with Gasteiger partial charge in [0, 0.05) is 32.6 Å². The van der Waals surface area contributed by atoms with Crippen LogP contribution in [0.1, 0.15) is 23.9 Å². The molecule has 0 saturated carbocycles. The van der Waals surface area contributed by atoms with Gasteiger partial charge >= 0.3 is 0 Å². The highest BCUT2D eigenvalue weighted by molar-refractivity contribution is 5.79. The van der Waals surface area contributed by atoms with Crippen LogP contribution in [0.15, 0.2) is 30.6 Å². The first kappa shape index (κ1) is 16.6. The SMILES string of the molecule is Cn1ccnc1[C@@H]1OCC[C@H]1C(=O)NCCc1ccc(F)c(F)c1. The molecule has 0 spiro atoms. The predicted molar refractivity (Wildman–Crippen MR) is 83.1 cm³/mol. The summed E-state index contributed by atoms with van der Waals surface area (Å²) < 4.78 is 33.6. The van der Waals surface area contributed by atoms with Gasteiger partial charge in [0.1, 0.15) is 11.9 Å². The molecule has 1 amide bonds. The Morgan fingerprint density at radius 1 is 1.42 bits per heavy atom. The van der Waals surface area contributed by atoms with Crippen LogP contribution in [-0.4, -0.2) is 28.6 Å². The van der Waals surface area contributed by atoms with Gasteiger partial charge in [0.2, 0.25) is 5.91 Å². The first-order chi connectivity index (χ1) is 11.6. The van der Waals surface area contributed by atoms with Crippen LogP contribution in [0.2, 0.25) is 0 Å². The lowest BCUT2D eigenvalue weighted by molar-refractivity contribution is -0.126. The maximum atomic E-state index is 13.2. The van der Waals surface area contributed by atoms with Gasteiger partial charge in [-0.05, 0) is 30.5 Å². The van der Waals surface area contributed by atoms with Gasteiger partial charge < -0.3 is 14.6 Å². The average molecular weight is 335 g/mol. The number of halogens is 2. The Hall–Kier alpha value is -2.28. The third-order valence-corrected chi connectivity index (χ3v) is 4.24. The number of hydrogen-bond donors (Lipinski definition) is 1. The van der Waals surface area contributed by atoms with E-state index in [9.17, 15) is 13.6 Å². The Labute approximate surface area is 138 Å². The van der Waals surface area contributed by atoms with Crippen LogP contribution in [0.3, 0.4) is 0 Å². The minimum absolute atomic E-state index is 0.108. The van der Waals surface area contributed by atoms with Gasteiger partial charge in [0.15, 0.2) is 11.6 Å². The van der Waals surface area contributed by atoms with E-state index in [-0.39, 0.29) is 17.9 Å². The molecule has 0 bridgehead atoms. The summed E-state index contributed by atoms with van der Waals surface area (Å²) >= 11 is 0. The summed E-state index contributed by atoms with van der Waals surface area (Å²) in [6, 6.07) is 3.76. The van der Waals surface area contributed by atoms with Crippen molar-refractivity contribution in [3.05, 3.63) is 53.6 Å². The molecule has 1 saturated heterocycles. The topological polar surface area (TPSA) is 56.2 Å². The molecule has 2 atom stereocenters. The van der Waals surface area contributed by atoms with E-state index >= 15 is 0 Å². The van der Waals surface area contributed by atoms with E-state index in [1.807, 2.05) is 17.8 Å². The Morgan fingerprint density at radius 2 is 2.25 bits per heavy atom. The van der Waals surface area contributed by atoms with Crippen molar-refractivity contribution in [1.29, 1.82) is 0 Å². The van der Waals surface area contributed by atoms with Crippen molar-refractivity contribution in [2.75, 3.05) is 13.2 Å². The van der Waals surface area contributed by atoms with Gasteiger partial charge in [-0.3, -0.25) is 4.79 Å². The number of rotatable bonds is 5. The molecular formula is C17H19F2N3O2. The highest BCUT2D eigenvalue weighted by Gasteiger charge is 2.37. The Balaban J connectivity index is 1.56. The maximum Gasteiger partial charge on any atom is 0.226 e. The molecule has 3 rings (SSSR count). The van der Waals surface area contributed by atoms with Crippen LogP contribution in [0, 0.1) is 17.6 Å². The molecule has 2 heterocycles. The number of carbonyl (C=O) groups is 1. The number of benzene rings is 1. The van der Waals surface area contributed by atoms with Gasteiger partial charge in [-0.2, -0.15) is 0 Å². The first-order valence-electron chi connectivity index (χ1n) is 7.86. The number of ether oxygens (including phenoxy) is 1. The smallest absolute Gasteiger partial charge is 0.226 e. The predicted octanol–water partition coefficient (Wildman–Crippen LogP) is 2.13. The van der Waals surface area contributed by atoms with Crippen LogP contribution in [0.25, 0.3) is 0 Å². The van der Waals surface area contributed by atoms with Crippen molar-refractivity contribution in [3.8, 4) is 0 Å². The second-order valence-corrected chi connectivity index (χ2v) is 5.87. The van der Waals surface area contributed by atoms with Crippen molar-refractivity contribution < 1.29 is 18.3 Å². The van der Waals surface area contributed by atoms with Crippen molar-refractivity contribution in [3.63, 3.8) is 0 Å². The van der Waals surface area contributed by atoms with E-state index < -0.39 is 11.6 Å². The summed E-state index contributed by atoms with van der Waals surface area (Å²) in [5, 5.41) is 2.85. The van der Waals surface area contributed by atoms with E-state index in [1.165, 1.54) is 6.07 Å². The standard InChI is InChI=1S/C17H19F2N3O2/c1-22-8-7-20-16(22)15-12(5-9-24-15)17(23)21-6-4-11-2-3-13(18)14(19)10-11/h2-3,7-8,10,12,15H,4-6,9H2,1H3,(H,21,23)/t12-,15-/m1/s1. The molecule has 1 aliphatic rings. The normalized spacial score (nSPS) is 20.3.